The number of rotatable bonds is 6. The number of hydrogen-bond donors (Lipinski definition) is 2. The Morgan fingerprint density at radius 2 is 1.63 bits per heavy atom. The quantitative estimate of drug-likeness (QED) is 0.674. The summed E-state index contributed by atoms with van der Waals surface area (Å²) >= 11 is 6.27. The van der Waals surface area contributed by atoms with Crippen molar-refractivity contribution in [2.24, 2.45) is 5.73 Å². The van der Waals surface area contributed by atoms with E-state index >= 15 is 0 Å². The van der Waals surface area contributed by atoms with Crippen LogP contribution in [0, 0.1) is 0 Å². The lowest BCUT2D eigenvalue weighted by Gasteiger charge is -2.11. The van der Waals surface area contributed by atoms with E-state index in [4.69, 9.17) is 22.1 Å². The first-order valence-electron chi connectivity index (χ1n) is 8.21. The largest absolute Gasteiger partial charge is 0.482 e. The molecule has 5 nitrogen and oxygen atoms in total. The normalized spacial score (nSPS) is 10.3. The average Bonchev–Trinajstić information content (AvgIpc) is 2.68. The minimum atomic E-state index is -0.619. The van der Waals surface area contributed by atoms with Gasteiger partial charge in [0.25, 0.3) is 11.8 Å². The molecular weight excluding hydrogens is 364 g/mol. The van der Waals surface area contributed by atoms with Crippen LogP contribution in [0.25, 0.3) is 11.1 Å². The number of hydrogen-bond acceptors (Lipinski definition) is 3. The van der Waals surface area contributed by atoms with E-state index in [2.05, 4.69) is 5.32 Å². The zero-order valence-corrected chi connectivity index (χ0v) is 15.1. The van der Waals surface area contributed by atoms with Crippen LogP contribution in [0.4, 0.5) is 5.69 Å². The fourth-order valence-corrected chi connectivity index (χ4v) is 2.80. The number of nitrogens with two attached hydrogens (primary N) is 1. The minimum Gasteiger partial charge on any atom is -0.482 e. The summed E-state index contributed by atoms with van der Waals surface area (Å²) in [6, 6.07) is 21.7. The number of halogens is 1. The molecule has 3 aromatic carbocycles. The highest BCUT2D eigenvalue weighted by molar-refractivity contribution is 6.32. The van der Waals surface area contributed by atoms with Gasteiger partial charge in [-0.3, -0.25) is 9.59 Å². The predicted octanol–water partition coefficient (Wildman–Crippen LogP) is 4.12. The summed E-state index contributed by atoms with van der Waals surface area (Å²) in [6.45, 7) is -0.252. The summed E-state index contributed by atoms with van der Waals surface area (Å²) in [5.74, 6) is -0.645. The summed E-state index contributed by atoms with van der Waals surface area (Å²) in [4.78, 5) is 23.5. The molecule has 27 heavy (non-hydrogen) atoms. The van der Waals surface area contributed by atoms with E-state index in [-0.39, 0.29) is 12.2 Å². The van der Waals surface area contributed by atoms with Crippen molar-refractivity contribution in [3.8, 4) is 16.9 Å². The van der Waals surface area contributed by atoms with Crippen LogP contribution in [0.5, 0.6) is 5.75 Å². The second kappa shape index (κ2) is 8.38. The lowest BCUT2D eigenvalue weighted by molar-refractivity contribution is -0.118. The van der Waals surface area contributed by atoms with E-state index in [0.717, 1.165) is 11.1 Å². The third kappa shape index (κ3) is 4.65. The van der Waals surface area contributed by atoms with Crippen LogP contribution >= 0.6 is 11.6 Å². The second-order valence-electron chi connectivity index (χ2n) is 5.76. The van der Waals surface area contributed by atoms with Crippen LogP contribution < -0.4 is 15.8 Å². The molecule has 0 radical (unpaired) electrons. The SMILES string of the molecule is NC(=O)c1ccccc1NC(=O)COc1ccc(-c2ccccc2)cc1Cl. The van der Waals surface area contributed by atoms with E-state index in [1.807, 2.05) is 36.4 Å². The van der Waals surface area contributed by atoms with E-state index in [0.29, 0.717) is 16.5 Å². The molecule has 0 aliphatic carbocycles. The fourth-order valence-electron chi connectivity index (χ4n) is 2.56. The Hall–Kier alpha value is -3.31. The van der Waals surface area contributed by atoms with Crippen LogP contribution in [0.1, 0.15) is 10.4 Å². The summed E-state index contributed by atoms with van der Waals surface area (Å²) < 4.78 is 5.50. The van der Waals surface area contributed by atoms with Gasteiger partial charge in [0.15, 0.2) is 6.61 Å². The Balaban J connectivity index is 1.65. The van der Waals surface area contributed by atoms with Gasteiger partial charge in [-0.05, 0) is 35.4 Å². The van der Waals surface area contributed by atoms with Gasteiger partial charge >= 0.3 is 0 Å². The lowest BCUT2D eigenvalue weighted by atomic mass is 10.1. The van der Waals surface area contributed by atoms with Gasteiger partial charge < -0.3 is 15.8 Å². The van der Waals surface area contributed by atoms with E-state index in [9.17, 15) is 9.59 Å². The summed E-state index contributed by atoms with van der Waals surface area (Å²) in [7, 11) is 0. The first-order valence-corrected chi connectivity index (χ1v) is 8.59. The van der Waals surface area contributed by atoms with Crippen molar-refractivity contribution in [3.05, 3.63) is 83.4 Å². The molecule has 3 rings (SSSR count). The standard InChI is InChI=1S/C21H17ClN2O3/c22-17-12-15(14-6-2-1-3-7-14)10-11-19(17)27-13-20(25)24-18-9-5-4-8-16(18)21(23)26/h1-12H,13H2,(H2,23,26)(H,24,25). The van der Waals surface area contributed by atoms with Crippen molar-refractivity contribution in [1.29, 1.82) is 0 Å². The molecule has 0 saturated carbocycles. The number of primary amides is 1. The molecule has 0 bridgehead atoms. The van der Waals surface area contributed by atoms with Crippen molar-refractivity contribution in [2.45, 2.75) is 0 Å². The first-order chi connectivity index (χ1) is 13.0. The zero-order valence-electron chi connectivity index (χ0n) is 14.3. The molecular formula is C21H17ClN2O3. The van der Waals surface area contributed by atoms with Gasteiger partial charge in [0, 0.05) is 0 Å². The number of para-hydroxylation sites is 1. The van der Waals surface area contributed by atoms with E-state index < -0.39 is 11.8 Å². The molecule has 3 N–H and O–H groups in total. The molecule has 0 atom stereocenters. The molecule has 0 fully saturated rings. The van der Waals surface area contributed by atoms with Gasteiger partial charge in [0.1, 0.15) is 5.75 Å². The number of ether oxygens (including phenoxy) is 1. The van der Waals surface area contributed by atoms with Crippen molar-refractivity contribution in [1.82, 2.24) is 0 Å². The monoisotopic (exact) mass is 380 g/mol. The van der Waals surface area contributed by atoms with Gasteiger partial charge in [0.05, 0.1) is 16.3 Å². The molecule has 0 aromatic heterocycles. The zero-order chi connectivity index (χ0) is 19.2. The number of amides is 2. The fraction of sp³-hybridized carbons (Fsp3) is 0.0476. The highest BCUT2D eigenvalue weighted by Gasteiger charge is 2.12. The highest BCUT2D eigenvalue weighted by atomic mass is 35.5. The maximum absolute atomic E-state index is 12.1. The Morgan fingerprint density at radius 1 is 0.926 bits per heavy atom. The molecule has 0 saturated heterocycles. The van der Waals surface area contributed by atoms with E-state index in [1.165, 1.54) is 6.07 Å². The summed E-state index contributed by atoms with van der Waals surface area (Å²) in [5, 5.41) is 3.02. The molecule has 2 amide bonds. The van der Waals surface area contributed by atoms with Crippen molar-refractivity contribution >= 4 is 29.1 Å². The average molecular weight is 381 g/mol. The maximum atomic E-state index is 12.1. The molecule has 136 valence electrons. The molecule has 6 heteroatoms. The van der Waals surface area contributed by atoms with Crippen LogP contribution in [-0.4, -0.2) is 18.4 Å². The Morgan fingerprint density at radius 3 is 2.33 bits per heavy atom. The van der Waals surface area contributed by atoms with Crippen molar-refractivity contribution < 1.29 is 14.3 Å². The molecule has 3 aromatic rings. The van der Waals surface area contributed by atoms with Crippen molar-refractivity contribution in [2.75, 3.05) is 11.9 Å². The van der Waals surface area contributed by atoms with Gasteiger partial charge in [-0.15, -0.1) is 0 Å². The Bertz CT molecular complexity index is 974. The smallest absolute Gasteiger partial charge is 0.262 e. The number of carbonyl (C=O) groups excluding carboxylic acids is 2. The molecule has 0 unspecified atom stereocenters. The predicted molar refractivity (Wildman–Crippen MR) is 106 cm³/mol. The van der Waals surface area contributed by atoms with Gasteiger partial charge in [-0.1, -0.05) is 60.1 Å². The molecule has 0 aliphatic rings. The Kier molecular flexibility index (Phi) is 5.74. The number of carbonyl (C=O) groups is 2. The number of nitrogens with one attached hydrogen (secondary N) is 1. The Labute approximate surface area is 161 Å². The van der Waals surface area contributed by atoms with Gasteiger partial charge in [-0.25, -0.2) is 0 Å². The first kappa shape index (κ1) is 18.5. The van der Waals surface area contributed by atoms with Crippen molar-refractivity contribution in [3.63, 3.8) is 0 Å². The minimum absolute atomic E-state index is 0.232. The van der Waals surface area contributed by atoms with Gasteiger partial charge in [0.2, 0.25) is 0 Å². The molecule has 0 heterocycles. The van der Waals surface area contributed by atoms with Crippen LogP contribution in [0.15, 0.2) is 72.8 Å². The van der Waals surface area contributed by atoms with E-state index in [1.54, 1.807) is 30.3 Å². The topological polar surface area (TPSA) is 81.4 Å². The summed E-state index contributed by atoms with van der Waals surface area (Å²) in [5.41, 5.74) is 7.85. The number of anilines is 1. The third-order valence-corrected chi connectivity index (χ3v) is 4.16. The maximum Gasteiger partial charge on any atom is 0.262 e. The van der Waals surface area contributed by atoms with Gasteiger partial charge in [-0.2, -0.15) is 0 Å². The van der Waals surface area contributed by atoms with Crippen LogP contribution in [0.3, 0.4) is 0 Å². The lowest BCUT2D eigenvalue weighted by Crippen LogP contribution is -2.23. The molecule has 0 aliphatic heterocycles. The second-order valence-corrected chi connectivity index (χ2v) is 6.17. The van der Waals surface area contributed by atoms with Crippen LogP contribution in [-0.2, 0) is 4.79 Å². The third-order valence-electron chi connectivity index (χ3n) is 3.86. The number of benzene rings is 3. The molecule has 0 spiro atoms. The highest BCUT2D eigenvalue weighted by Crippen LogP contribution is 2.30. The van der Waals surface area contributed by atoms with Crippen LogP contribution in [0.2, 0.25) is 5.02 Å². The summed E-state index contributed by atoms with van der Waals surface area (Å²) in [6.07, 6.45) is 0.